The molecule has 0 aromatic rings. The molecule has 5 nitrogen and oxygen atoms in total. The normalized spacial score (nSPS) is 18.6. The molecular formula is C17H32N2O3. The lowest BCUT2D eigenvalue weighted by molar-refractivity contribution is -0.133. The molecule has 0 unspecified atom stereocenters. The lowest BCUT2D eigenvalue weighted by Crippen LogP contribution is -2.54. The summed E-state index contributed by atoms with van der Waals surface area (Å²) in [5.41, 5.74) is -0.168. The number of carbonyl (C=O) groups is 2. The Morgan fingerprint density at radius 2 is 1.68 bits per heavy atom. The van der Waals surface area contributed by atoms with Gasteiger partial charge in [-0.15, -0.1) is 0 Å². The van der Waals surface area contributed by atoms with Gasteiger partial charge in [0.15, 0.2) is 0 Å². The highest BCUT2D eigenvalue weighted by Gasteiger charge is 2.30. The first-order valence-electron chi connectivity index (χ1n) is 8.20. The highest BCUT2D eigenvalue weighted by molar-refractivity contribution is 5.88. The van der Waals surface area contributed by atoms with E-state index in [1.165, 1.54) is 0 Å². The molecule has 22 heavy (non-hydrogen) atoms. The molecule has 1 aliphatic rings. The average Bonchev–Trinajstić information content (AvgIpc) is 2.36. The van der Waals surface area contributed by atoms with Gasteiger partial charge in [0.2, 0.25) is 11.8 Å². The standard InChI is InChI=1S/C17H32N2O3/c1-12(18-15(21)13-7-9-22-10-8-13)14(20)19-17(5,6)11-16(2,3)4/h12-13H,7-11H2,1-6H3,(H,18,21)(H,19,20)/t12-/m1/s1. The van der Waals surface area contributed by atoms with Crippen molar-refractivity contribution in [2.45, 2.75) is 72.4 Å². The summed E-state index contributed by atoms with van der Waals surface area (Å²) >= 11 is 0. The highest BCUT2D eigenvalue weighted by atomic mass is 16.5. The van der Waals surface area contributed by atoms with Crippen LogP contribution in [0.25, 0.3) is 0 Å². The van der Waals surface area contributed by atoms with Gasteiger partial charge in [0.25, 0.3) is 0 Å². The van der Waals surface area contributed by atoms with Crippen molar-refractivity contribution in [1.82, 2.24) is 10.6 Å². The fourth-order valence-electron chi connectivity index (χ4n) is 3.17. The van der Waals surface area contributed by atoms with E-state index in [2.05, 4.69) is 31.4 Å². The smallest absolute Gasteiger partial charge is 0.242 e. The molecule has 128 valence electrons. The van der Waals surface area contributed by atoms with E-state index in [4.69, 9.17) is 4.74 Å². The minimum atomic E-state index is -0.519. The third-order valence-corrected chi connectivity index (χ3v) is 3.78. The number of hydrogen-bond donors (Lipinski definition) is 2. The molecule has 0 spiro atoms. The minimum Gasteiger partial charge on any atom is -0.381 e. The summed E-state index contributed by atoms with van der Waals surface area (Å²) in [5, 5.41) is 5.87. The van der Waals surface area contributed by atoms with Crippen molar-refractivity contribution in [3.63, 3.8) is 0 Å². The Balaban J connectivity index is 2.48. The summed E-state index contributed by atoms with van der Waals surface area (Å²) in [7, 11) is 0. The third-order valence-electron chi connectivity index (χ3n) is 3.78. The summed E-state index contributed by atoms with van der Waals surface area (Å²) in [6.07, 6.45) is 2.33. The van der Waals surface area contributed by atoms with Gasteiger partial charge in [-0.25, -0.2) is 0 Å². The van der Waals surface area contributed by atoms with Crippen molar-refractivity contribution in [3.8, 4) is 0 Å². The van der Waals surface area contributed by atoms with Crippen molar-refractivity contribution in [2.24, 2.45) is 11.3 Å². The van der Waals surface area contributed by atoms with E-state index in [0.29, 0.717) is 13.2 Å². The first kappa shape index (κ1) is 18.9. The van der Waals surface area contributed by atoms with Crippen molar-refractivity contribution in [3.05, 3.63) is 0 Å². The SMILES string of the molecule is C[C@@H](NC(=O)C1CCOCC1)C(=O)NC(C)(C)CC(C)(C)C. The summed E-state index contributed by atoms with van der Waals surface area (Å²) in [5.74, 6) is -0.208. The van der Waals surface area contributed by atoms with Gasteiger partial charge in [-0.05, 0) is 45.4 Å². The first-order valence-corrected chi connectivity index (χ1v) is 8.20. The van der Waals surface area contributed by atoms with Crippen molar-refractivity contribution >= 4 is 11.8 Å². The number of amides is 2. The molecule has 0 saturated carbocycles. The van der Waals surface area contributed by atoms with Crippen LogP contribution in [-0.2, 0) is 14.3 Å². The molecule has 2 amide bonds. The third kappa shape index (κ3) is 6.77. The largest absolute Gasteiger partial charge is 0.381 e. The molecular weight excluding hydrogens is 280 g/mol. The minimum absolute atomic E-state index is 0.0356. The zero-order valence-corrected chi connectivity index (χ0v) is 14.9. The van der Waals surface area contributed by atoms with Gasteiger partial charge in [-0.2, -0.15) is 0 Å². The Labute approximate surface area is 134 Å². The molecule has 2 N–H and O–H groups in total. The fourth-order valence-corrected chi connectivity index (χ4v) is 3.17. The van der Waals surface area contributed by atoms with Gasteiger partial charge in [0, 0.05) is 24.7 Å². The van der Waals surface area contributed by atoms with E-state index in [0.717, 1.165) is 19.3 Å². The van der Waals surface area contributed by atoms with Crippen molar-refractivity contribution in [2.75, 3.05) is 13.2 Å². The maximum Gasteiger partial charge on any atom is 0.242 e. The van der Waals surface area contributed by atoms with Crippen LogP contribution in [0, 0.1) is 11.3 Å². The summed E-state index contributed by atoms with van der Waals surface area (Å²) in [6.45, 7) is 13.5. The molecule has 1 rings (SSSR count). The van der Waals surface area contributed by atoms with Crippen LogP contribution in [0.1, 0.15) is 60.8 Å². The molecule has 1 fully saturated rings. The molecule has 1 aliphatic heterocycles. The van der Waals surface area contributed by atoms with Crippen LogP contribution in [0.5, 0.6) is 0 Å². The lowest BCUT2D eigenvalue weighted by atomic mass is 9.81. The number of ether oxygens (including phenoxy) is 1. The van der Waals surface area contributed by atoms with Gasteiger partial charge >= 0.3 is 0 Å². The molecule has 5 heteroatoms. The van der Waals surface area contributed by atoms with Gasteiger partial charge in [0.1, 0.15) is 6.04 Å². The summed E-state index contributed by atoms with van der Waals surface area (Å²) in [6, 6.07) is -0.519. The van der Waals surface area contributed by atoms with Crippen LogP contribution in [0.3, 0.4) is 0 Å². The maximum atomic E-state index is 12.3. The Hall–Kier alpha value is -1.10. The van der Waals surface area contributed by atoms with Crippen LogP contribution >= 0.6 is 0 Å². The van der Waals surface area contributed by atoms with E-state index in [1.54, 1.807) is 6.92 Å². The average molecular weight is 312 g/mol. The van der Waals surface area contributed by atoms with Crippen LogP contribution in [0.15, 0.2) is 0 Å². The Kier molecular flexibility index (Phi) is 6.41. The number of rotatable bonds is 5. The van der Waals surface area contributed by atoms with Crippen LogP contribution in [0.2, 0.25) is 0 Å². The van der Waals surface area contributed by atoms with Gasteiger partial charge < -0.3 is 15.4 Å². The Morgan fingerprint density at radius 1 is 1.14 bits per heavy atom. The van der Waals surface area contributed by atoms with Crippen molar-refractivity contribution < 1.29 is 14.3 Å². The monoisotopic (exact) mass is 312 g/mol. The molecule has 0 aromatic carbocycles. The van der Waals surface area contributed by atoms with Crippen LogP contribution in [0.4, 0.5) is 0 Å². The van der Waals surface area contributed by atoms with Gasteiger partial charge in [-0.1, -0.05) is 20.8 Å². The second-order valence-electron chi connectivity index (χ2n) is 8.23. The number of nitrogens with one attached hydrogen (secondary N) is 2. The molecule has 1 atom stereocenters. The molecule has 0 bridgehead atoms. The second-order valence-corrected chi connectivity index (χ2v) is 8.23. The molecule has 1 heterocycles. The first-order chi connectivity index (χ1) is 10.0. The van der Waals surface area contributed by atoms with Crippen molar-refractivity contribution in [1.29, 1.82) is 0 Å². The second kappa shape index (κ2) is 7.44. The zero-order valence-electron chi connectivity index (χ0n) is 14.9. The quantitative estimate of drug-likeness (QED) is 0.818. The molecule has 0 aliphatic carbocycles. The zero-order chi connectivity index (χ0) is 17.0. The predicted octanol–water partition coefficient (Wildman–Crippen LogP) is 2.25. The maximum absolute atomic E-state index is 12.3. The van der Waals surface area contributed by atoms with Crippen LogP contribution < -0.4 is 10.6 Å². The summed E-state index contributed by atoms with van der Waals surface area (Å²) < 4.78 is 5.26. The number of hydrogen-bond acceptors (Lipinski definition) is 3. The van der Waals surface area contributed by atoms with E-state index >= 15 is 0 Å². The van der Waals surface area contributed by atoms with Gasteiger partial charge in [-0.3, -0.25) is 9.59 Å². The topological polar surface area (TPSA) is 67.4 Å². The molecule has 0 aromatic heterocycles. The fraction of sp³-hybridized carbons (Fsp3) is 0.882. The predicted molar refractivity (Wildman–Crippen MR) is 87.4 cm³/mol. The van der Waals surface area contributed by atoms with Crippen LogP contribution in [-0.4, -0.2) is 36.6 Å². The van der Waals surface area contributed by atoms with E-state index in [1.807, 2.05) is 13.8 Å². The molecule has 0 radical (unpaired) electrons. The summed E-state index contributed by atoms with van der Waals surface area (Å²) in [4.78, 5) is 24.5. The molecule has 1 saturated heterocycles. The Morgan fingerprint density at radius 3 is 2.18 bits per heavy atom. The van der Waals surface area contributed by atoms with Gasteiger partial charge in [0.05, 0.1) is 0 Å². The van der Waals surface area contributed by atoms with E-state index in [-0.39, 0.29) is 28.7 Å². The van der Waals surface area contributed by atoms with E-state index in [9.17, 15) is 9.59 Å². The number of carbonyl (C=O) groups excluding carboxylic acids is 2. The Bertz CT molecular complexity index is 393. The highest BCUT2D eigenvalue weighted by Crippen LogP contribution is 2.26. The van der Waals surface area contributed by atoms with E-state index < -0.39 is 6.04 Å². The lowest BCUT2D eigenvalue weighted by Gasteiger charge is -2.34.